The van der Waals surface area contributed by atoms with Gasteiger partial charge in [-0.2, -0.15) is 0 Å². The summed E-state index contributed by atoms with van der Waals surface area (Å²) in [4.78, 5) is 17.6. The lowest BCUT2D eigenvalue weighted by Gasteiger charge is -2.32. The number of hydrogen-bond donors (Lipinski definition) is 2. The van der Waals surface area contributed by atoms with Gasteiger partial charge in [0, 0.05) is 63.1 Å². The van der Waals surface area contributed by atoms with Crippen molar-refractivity contribution in [3.05, 3.63) is 29.3 Å². The molecule has 1 unspecified atom stereocenters. The van der Waals surface area contributed by atoms with Gasteiger partial charge in [0.05, 0.1) is 0 Å². The molecule has 0 bridgehead atoms. The molecule has 3 aliphatic heterocycles. The Labute approximate surface area is 138 Å². The first-order valence-electron chi connectivity index (χ1n) is 8.93. The first kappa shape index (κ1) is 15.0. The lowest BCUT2D eigenvalue weighted by atomic mass is 9.97. The molecular formula is C18H26N4O. The number of carbonyl (C=O) groups is 1. The third-order valence-electron chi connectivity index (χ3n) is 5.44. The van der Waals surface area contributed by atoms with Crippen molar-refractivity contribution >= 4 is 11.6 Å². The van der Waals surface area contributed by atoms with Crippen LogP contribution in [0.1, 0.15) is 28.8 Å². The molecule has 2 fully saturated rings. The number of amides is 1. The molecule has 0 radical (unpaired) electrons. The fraction of sp³-hybridized carbons (Fsp3) is 0.611. The van der Waals surface area contributed by atoms with E-state index in [1.165, 1.54) is 5.56 Å². The molecule has 0 spiro atoms. The molecule has 3 aliphatic rings. The molecule has 1 atom stereocenters. The molecule has 1 aromatic rings. The Balaban J connectivity index is 1.48. The van der Waals surface area contributed by atoms with Crippen LogP contribution in [0.2, 0.25) is 0 Å². The van der Waals surface area contributed by atoms with E-state index in [2.05, 4.69) is 26.5 Å². The number of fused-ring (bicyclic) bond motifs is 1. The second-order valence-corrected chi connectivity index (χ2v) is 6.84. The van der Waals surface area contributed by atoms with Crippen molar-refractivity contribution in [3.8, 4) is 0 Å². The van der Waals surface area contributed by atoms with Crippen molar-refractivity contribution in [2.75, 3.05) is 51.1 Å². The van der Waals surface area contributed by atoms with Crippen LogP contribution in [-0.4, -0.2) is 67.6 Å². The quantitative estimate of drug-likeness (QED) is 0.860. The van der Waals surface area contributed by atoms with Gasteiger partial charge in [0.25, 0.3) is 5.91 Å². The van der Waals surface area contributed by atoms with Gasteiger partial charge in [-0.1, -0.05) is 6.07 Å². The van der Waals surface area contributed by atoms with Gasteiger partial charge >= 0.3 is 0 Å². The minimum atomic E-state index is 0.225. The predicted molar refractivity (Wildman–Crippen MR) is 92.0 cm³/mol. The van der Waals surface area contributed by atoms with E-state index in [1.54, 1.807) is 0 Å². The number of nitrogens with zero attached hydrogens (tertiary/aromatic N) is 2. The van der Waals surface area contributed by atoms with E-state index in [9.17, 15) is 4.79 Å². The highest BCUT2D eigenvalue weighted by Crippen LogP contribution is 2.27. The maximum Gasteiger partial charge on any atom is 0.254 e. The van der Waals surface area contributed by atoms with Crippen LogP contribution >= 0.6 is 0 Å². The Morgan fingerprint density at radius 2 is 2.00 bits per heavy atom. The fourth-order valence-electron chi connectivity index (χ4n) is 4.15. The summed E-state index contributed by atoms with van der Waals surface area (Å²) in [6, 6.07) is 6.65. The maximum absolute atomic E-state index is 13.0. The van der Waals surface area contributed by atoms with Crippen LogP contribution in [0.3, 0.4) is 0 Å². The van der Waals surface area contributed by atoms with E-state index in [-0.39, 0.29) is 5.91 Å². The number of nitrogens with one attached hydrogen (secondary N) is 2. The first-order valence-corrected chi connectivity index (χ1v) is 8.93. The normalized spacial score (nSPS) is 25.0. The summed E-state index contributed by atoms with van der Waals surface area (Å²) in [5.41, 5.74) is 3.28. The second-order valence-electron chi connectivity index (χ2n) is 6.84. The van der Waals surface area contributed by atoms with E-state index in [0.717, 1.165) is 76.3 Å². The summed E-state index contributed by atoms with van der Waals surface area (Å²) < 4.78 is 0. The van der Waals surface area contributed by atoms with E-state index >= 15 is 0 Å². The van der Waals surface area contributed by atoms with Crippen LogP contribution < -0.4 is 10.6 Å². The zero-order valence-electron chi connectivity index (χ0n) is 13.7. The molecule has 0 aromatic heterocycles. The zero-order valence-corrected chi connectivity index (χ0v) is 13.7. The van der Waals surface area contributed by atoms with Gasteiger partial charge in [-0.25, -0.2) is 0 Å². The predicted octanol–water partition coefficient (Wildman–Crippen LogP) is 1.16. The molecule has 5 nitrogen and oxygen atoms in total. The molecular weight excluding hydrogens is 288 g/mol. The Kier molecular flexibility index (Phi) is 4.23. The Morgan fingerprint density at radius 1 is 1.13 bits per heavy atom. The van der Waals surface area contributed by atoms with Crippen LogP contribution in [0.4, 0.5) is 5.69 Å². The smallest absolute Gasteiger partial charge is 0.254 e. The number of rotatable bonds is 2. The summed E-state index contributed by atoms with van der Waals surface area (Å²) in [6.45, 7) is 7.15. The standard InChI is InChI=1S/C18H26N4O/c23-18(16-3-1-5-17-15(16)4-2-7-20-17)22-10-6-14(13-22)21-11-8-19-9-12-21/h1,3,5,14,19-20H,2,4,6-13H2. The van der Waals surface area contributed by atoms with Crippen molar-refractivity contribution in [2.45, 2.75) is 25.3 Å². The van der Waals surface area contributed by atoms with E-state index in [1.807, 2.05) is 12.1 Å². The molecule has 23 heavy (non-hydrogen) atoms. The van der Waals surface area contributed by atoms with Crippen molar-refractivity contribution in [2.24, 2.45) is 0 Å². The van der Waals surface area contributed by atoms with Crippen molar-refractivity contribution in [1.29, 1.82) is 0 Å². The maximum atomic E-state index is 13.0. The number of carbonyl (C=O) groups excluding carboxylic acids is 1. The number of benzene rings is 1. The molecule has 1 amide bonds. The lowest BCUT2D eigenvalue weighted by molar-refractivity contribution is 0.0772. The molecule has 0 aliphatic carbocycles. The number of hydrogen-bond acceptors (Lipinski definition) is 4. The van der Waals surface area contributed by atoms with Gasteiger partial charge in [0.1, 0.15) is 0 Å². The monoisotopic (exact) mass is 314 g/mol. The molecule has 3 heterocycles. The van der Waals surface area contributed by atoms with Crippen LogP contribution in [-0.2, 0) is 6.42 Å². The molecule has 2 saturated heterocycles. The van der Waals surface area contributed by atoms with Crippen LogP contribution in [0.25, 0.3) is 0 Å². The van der Waals surface area contributed by atoms with E-state index in [4.69, 9.17) is 0 Å². The van der Waals surface area contributed by atoms with Crippen LogP contribution in [0.5, 0.6) is 0 Å². The molecule has 0 saturated carbocycles. The summed E-state index contributed by atoms with van der Waals surface area (Å²) in [6.07, 6.45) is 3.24. The molecule has 124 valence electrons. The highest BCUT2D eigenvalue weighted by Gasteiger charge is 2.32. The second kappa shape index (κ2) is 6.49. The van der Waals surface area contributed by atoms with E-state index in [0.29, 0.717) is 6.04 Å². The minimum absolute atomic E-state index is 0.225. The molecule has 4 rings (SSSR count). The van der Waals surface area contributed by atoms with Crippen LogP contribution in [0, 0.1) is 0 Å². The average Bonchev–Trinajstić information content (AvgIpc) is 3.11. The van der Waals surface area contributed by atoms with Gasteiger partial charge in [0.15, 0.2) is 0 Å². The summed E-state index contributed by atoms with van der Waals surface area (Å²) in [5, 5.41) is 6.83. The SMILES string of the molecule is O=C(c1cccc2c1CCCN2)N1CCC(N2CCNCC2)C1. The Hall–Kier alpha value is -1.59. The van der Waals surface area contributed by atoms with E-state index < -0.39 is 0 Å². The Morgan fingerprint density at radius 3 is 2.87 bits per heavy atom. The number of anilines is 1. The number of piperazine rings is 1. The Bertz CT molecular complexity index is 582. The first-order chi connectivity index (χ1) is 11.3. The average molecular weight is 314 g/mol. The lowest BCUT2D eigenvalue weighted by Crippen LogP contribution is -2.49. The summed E-state index contributed by atoms with van der Waals surface area (Å²) in [5.74, 6) is 0.225. The number of likely N-dealkylation sites (tertiary alicyclic amines) is 1. The van der Waals surface area contributed by atoms with Gasteiger partial charge in [-0.05, 0) is 37.0 Å². The third kappa shape index (κ3) is 2.95. The fourth-order valence-corrected chi connectivity index (χ4v) is 4.15. The van der Waals surface area contributed by atoms with Gasteiger partial charge in [0.2, 0.25) is 0 Å². The summed E-state index contributed by atoms with van der Waals surface area (Å²) >= 11 is 0. The van der Waals surface area contributed by atoms with Crippen molar-refractivity contribution < 1.29 is 4.79 Å². The topological polar surface area (TPSA) is 47.6 Å². The van der Waals surface area contributed by atoms with Gasteiger partial charge < -0.3 is 15.5 Å². The van der Waals surface area contributed by atoms with Crippen LogP contribution in [0.15, 0.2) is 18.2 Å². The zero-order chi connectivity index (χ0) is 15.6. The largest absolute Gasteiger partial charge is 0.385 e. The van der Waals surface area contributed by atoms with Crippen molar-refractivity contribution in [1.82, 2.24) is 15.1 Å². The minimum Gasteiger partial charge on any atom is -0.385 e. The third-order valence-corrected chi connectivity index (χ3v) is 5.44. The summed E-state index contributed by atoms with van der Waals surface area (Å²) in [7, 11) is 0. The molecule has 1 aromatic carbocycles. The highest BCUT2D eigenvalue weighted by atomic mass is 16.2. The van der Waals surface area contributed by atoms with Crippen molar-refractivity contribution in [3.63, 3.8) is 0 Å². The highest BCUT2D eigenvalue weighted by molar-refractivity contribution is 5.97. The van der Waals surface area contributed by atoms with Gasteiger partial charge in [-0.3, -0.25) is 9.69 Å². The van der Waals surface area contributed by atoms with Gasteiger partial charge in [-0.15, -0.1) is 0 Å². The molecule has 2 N–H and O–H groups in total. The molecule has 5 heteroatoms.